The van der Waals surface area contributed by atoms with E-state index in [-0.39, 0.29) is 34.7 Å². The van der Waals surface area contributed by atoms with Crippen LogP contribution >= 0.6 is 11.6 Å². The van der Waals surface area contributed by atoms with Gasteiger partial charge in [-0.25, -0.2) is 8.78 Å². The van der Waals surface area contributed by atoms with Gasteiger partial charge in [-0.15, -0.1) is 0 Å². The van der Waals surface area contributed by atoms with Crippen LogP contribution in [0.3, 0.4) is 0 Å². The topological polar surface area (TPSA) is 80.6 Å². The second kappa shape index (κ2) is 10.2. The number of hydrogen-bond acceptors (Lipinski definition) is 4. The fourth-order valence-corrected chi connectivity index (χ4v) is 5.04. The van der Waals surface area contributed by atoms with Crippen LogP contribution in [0, 0.1) is 24.5 Å². The standard InChI is InChI=1S/C28H26ClF2N3O4/c1-15-9-10-33(13-16-3-4-16)28(37)25(15)34-14-20(23-21(30)11-19(38-2)12-22(23)31)24(27(34)36)32-26(35)17-5-7-18(29)8-6-17/h5-12,16,20,24H,3-4,13-14H2,1-2H3,(H,32,35)/t20-,24-/m0/s1. The van der Waals surface area contributed by atoms with Crippen LogP contribution in [0.25, 0.3) is 0 Å². The molecule has 2 fully saturated rings. The van der Waals surface area contributed by atoms with E-state index < -0.39 is 35.4 Å². The van der Waals surface area contributed by atoms with Gasteiger partial charge in [0.15, 0.2) is 0 Å². The molecule has 1 aromatic heterocycles. The van der Waals surface area contributed by atoms with Gasteiger partial charge in [-0.1, -0.05) is 11.6 Å². The van der Waals surface area contributed by atoms with Gasteiger partial charge >= 0.3 is 0 Å². The van der Waals surface area contributed by atoms with Crippen molar-refractivity contribution in [2.24, 2.45) is 5.92 Å². The lowest BCUT2D eigenvalue weighted by Crippen LogP contribution is -2.45. The summed E-state index contributed by atoms with van der Waals surface area (Å²) in [6.45, 7) is 2.04. The predicted molar refractivity (Wildman–Crippen MR) is 139 cm³/mol. The lowest BCUT2D eigenvalue weighted by Gasteiger charge is -2.20. The largest absolute Gasteiger partial charge is 0.497 e. The number of carbonyl (C=O) groups is 2. The van der Waals surface area contributed by atoms with Gasteiger partial charge in [0.2, 0.25) is 5.91 Å². The highest BCUT2D eigenvalue weighted by atomic mass is 35.5. The smallest absolute Gasteiger partial charge is 0.274 e. The molecule has 1 saturated carbocycles. The van der Waals surface area contributed by atoms with Gasteiger partial charge in [0, 0.05) is 53.5 Å². The van der Waals surface area contributed by atoms with Gasteiger partial charge in [0.25, 0.3) is 11.5 Å². The minimum absolute atomic E-state index is 0.0199. The Bertz CT molecular complexity index is 1450. The van der Waals surface area contributed by atoms with E-state index in [1.54, 1.807) is 23.8 Å². The van der Waals surface area contributed by atoms with Crippen LogP contribution in [0.1, 0.15) is 40.2 Å². The number of carbonyl (C=O) groups excluding carboxylic acids is 2. The number of benzene rings is 2. The highest BCUT2D eigenvalue weighted by molar-refractivity contribution is 6.30. The number of amides is 2. The van der Waals surface area contributed by atoms with Crippen LogP contribution < -0.4 is 20.5 Å². The molecule has 2 amide bonds. The predicted octanol–water partition coefficient (Wildman–Crippen LogP) is 4.44. The number of methoxy groups -OCH3 is 1. The van der Waals surface area contributed by atoms with Gasteiger partial charge in [0.1, 0.15) is 29.1 Å². The first-order valence-electron chi connectivity index (χ1n) is 12.3. The van der Waals surface area contributed by atoms with E-state index in [2.05, 4.69) is 5.32 Å². The molecular weight excluding hydrogens is 516 g/mol. The van der Waals surface area contributed by atoms with Crippen molar-refractivity contribution in [1.29, 1.82) is 0 Å². The zero-order valence-electron chi connectivity index (χ0n) is 20.8. The molecule has 198 valence electrons. The number of hydrogen-bond donors (Lipinski definition) is 1. The Morgan fingerprint density at radius 3 is 2.37 bits per heavy atom. The SMILES string of the molecule is COc1cc(F)c([C@@H]2CN(c3c(C)ccn(CC4CC4)c3=O)C(=O)[C@H]2NC(=O)c2ccc(Cl)cc2)c(F)c1. The molecule has 7 nitrogen and oxygen atoms in total. The number of pyridine rings is 1. The fraction of sp³-hybridized carbons (Fsp3) is 0.321. The highest BCUT2D eigenvalue weighted by Crippen LogP contribution is 2.37. The summed E-state index contributed by atoms with van der Waals surface area (Å²) in [4.78, 5) is 41.5. The summed E-state index contributed by atoms with van der Waals surface area (Å²) in [5.41, 5.74) is 0.187. The quantitative estimate of drug-likeness (QED) is 0.480. The molecule has 0 radical (unpaired) electrons. The Balaban J connectivity index is 1.56. The average molecular weight is 542 g/mol. The van der Waals surface area contributed by atoms with Gasteiger partial charge in [0.05, 0.1) is 7.11 Å². The number of nitrogens with one attached hydrogen (secondary N) is 1. The minimum Gasteiger partial charge on any atom is -0.497 e. The van der Waals surface area contributed by atoms with Crippen LogP contribution in [0.2, 0.25) is 5.02 Å². The number of ether oxygens (including phenoxy) is 1. The Morgan fingerprint density at radius 1 is 1.11 bits per heavy atom. The van der Waals surface area contributed by atoms with Crippen LogP contribution in [0.4, 0.5) is 14.5 Å². The number of halogens is 3. The molecule has 2 aromatic carbocycles. The lowest BCUT2D eigenvalue weighted by atomic mass is 9.92. The molecular formula is C28H26ClF2N3O4. The zero-order valence-corrected chi connectivity index (χ0v) is 21.6. The summed E-state index contributed by atoms with van der Waals surface area (Å²) >= 11 is 5.92. The van der Waals surface area contributed by atoms with E-state index in [0.717, 1.165) is 25.0 Å². The summed E-state index contributed by atoms with van der Waals surface area (Å²) in [6.07, 6.45) is 3.77. The maximum absolute atomic E-state index is 15.2. The summed E-state index contributed by atoms with van der Waals surface area (Å²) in [5.74, 6) is -3.78. The number of anilines is 1. The van der Waals surface area contributed by atoms with E-state index in [1.165, 1.54) is 36.3 Å². The van der Waals surface area contributed by atoms with Crippen molar-refractivity contribution in [3.05, 3.63) is 92.4 Å². The van der Waals surface area contributed by atoms with Crippen LogP contribution in [-0.4, -0.2) is 36.1 Å². The third kappa shape index (κ3) is 4.90. The van der Waals surface area contributed by atoms with Crippen molar-refractivity contribution in [2.75, 3.05) is 18.6 Å². The monoisotopic (exact) mass is 541 g/mol. The molecule has 0 bridgehead atoms. The highest BCUT2D eigenvalue weighted by Gasteiger charge is 2.46. The van der Waals surface area contributed by atoms with Gasteiger partial charge < -0.3 is 19.5 Å². The Labute approximate surface area is 223 Å². The maximum Gasteiger partial charge on any atom is 0.274 e. The Hall–Kier alpha value is -3.72. The average Bonchev–Trinajstić information content (AvgIpc) is 3.66. The molecule has 1 saturated heterocycles. The van der Waals surface area contributed by atoms with E-state index >= 15 is 8.78 Å². The minimum atomic E-state index is -1.33. The molecule has 3 aromatic rings. The normalized spacial score (nSPS) is 19.1. The molecule has 38 heavy (non-hydrogen) atoms. The molecule has 1 aliphatic heterocycles. The molecule has 10 heteroatoms. The zero-order chi connectivity index (χ0) is 27.1. The van der Waals surface area contributed by atoms with Crippen molar-refractivity contribution in [2.45, 2.75) is 38.3 Å². The van der Waals surface area contributed by atoms with Crippen molar-refractivity contribution >= 4 is 29.1 Å². The van der Waals surface area contributed by atoms with Gasteiger partial charge in [-0.3, -0.25) is 14.4 Å². The molecule has 2 heterocycles. The van der Waals surface area contributed by atoms with E-state index in [4.69, 9.17) is 16.3 Å². The Morgan fingerprint density at radius 2 is 1.76 bits per heavy atom. The van der Waals surface area contributed by atoms with E-state index in [0.29, 0.717) is 23.0 Å². The van der Waals surface area contributed by atoms with E-state index in [9.17, 15) is 14.4 Å². The molecule has 0 spiro atoms. The van der Waals surface area contributed by atoms with Crippen LogP contribution in [0.15, 0.2) is 53.5 Å². The lowest BCUT2D eigenvalue weighted by molar-refractivity contribution is -0.118. The van der Waals surface area contributed by atoms with Crippen molar-refractivity contribution < 1.29 is 23.1 Å². The second-order valence-electron chi connectivity index (χ2n) is 9.77. The maximum atomic E-state index is 15.2. The van der Waals surface area contributed by atoms with E-state index in [1.807, 2.05) is 0 Å². The van der Waals surface area contributed by atoms with Crippen molar-refractivity contribution in [3.63, 3.8) is 0 Å². The molecule has 2 atom stereocenters. The third-order valence-electron chi connectivity index (χ3n) is 7.13. The first-order chi connectivity index (χ1) is 18.2. The number of rotatable bonds is 7. The molecule has 2 aliphatic rings. The summed E-state index contributed by atoms with van der Waals surface area (Å²) in [5, 5.41) is 3.07. The van der Waals surface area contributed by atoms with Crippen molar-refractivity contribution in [3.8, 4) is 5.75 Å². The first-order valence-corrected chi connectivity index (χ1v) is 12.7. The van der Waals surface area contributed by atoms with Crippen LogP contribution in [-0.2, 0) is 11.3 Å². The summed E-state index contributed by atoms with van der Waals surface area (Å²) in [7, 11) is 1.29. The third-order valence-corrected chi connectivity index (χ3v) is 7.38. The van der Waals surface area contributed by atoms with Gasteiger partial charge in [-0.05, 0) is 61.6 Å². The Kier molecular flexibility index (Phi) is 6.96. The molecule has 5 rings (SSSR count). The molecule has 0 unspecified atom stereocenters. The van der Waals surface area contributed by atoms with Crippen LogP contribution in [0.5, 0.6) is 5.75 Å². The molecule has 1 aliphatic carbocycles. The molecule has 1 N–H and O–H groups in total. The van der Waals surface area contributed by atoms with Gasteiger partial charge in [-0.2, -0.15) is 0 Å². The summed E-state index contributed by atoms with van der Waals surface area (Å²) in [6, 6.07) is 8.48. The first kappa shape index (κ1) is 25.9. The fourth-order valence-electron chi connectivity index (χ4n) is 4.92. The number of nitrogens with zero attached hydrogens (tertiary/aromatic N) is 2. The second-order valence-corrected chi connectivity index (χ2v) is 10.2. The number of aryl methyl sites for hydroxylation is 1. The number of aromatic nitrogens is 1. The van der Waals surface area contributed by atoms with Crippen molar-refractivity contribution in [1.82, 2.24) is 9.88 Å². The summed E-state index contributed by atoms with van der Waals surface area (Å²) < 4.78 is 37.0.